The molecule has 0 bridgehead atoms. The number of carbonyl (C=O) groups is 2. The third kappa shape index (κ3) is 6.04. The van der Waals surface area contributed by atoms with Crippen LogP contribution in [0.1, 0.15) is 23.6 Å². The lowest BCUT2D eigenvalue weighted by Gasteiger charge is -2.09. The lowest BCUT2D eigenvalue weighted by atomic mass is 10.1. The van der Waals surface area contributed by atoms with E-state index in [0.29, 0.717) is 23.6 Å². The predicted molar refractivity (Wildman–Crippen MR) is 117 cm³/mol. The Morgan fingerprint density at radius 2 is 1.57 bits per heavy atom. The van der Waals surface area contributed by atoms with Gasteiger partial charge in [-0.05, 0) is 41.8 Å². The normalized spacial score (nSPS) is 10.6. The fourth-order valence-electron chi connectivity index (χ4n) is 2.68. The SMILES string of the molecule is CCc1ccc(NC(=O)C(=O)N/N=C\c2ccccc2OCc2ccccc2)cc1. The number of ether oxygens (including phenoxy) is 1. The zero-order chi connectivity index (χ0) is 21.2. The molecule has 6 nitrogen and oxygen atoms in total. The van der Waals surface area contributed by atoms with E-state index in [9.17, 15) is 9.59 Å². The van der Waals surface area contributed by atoms with E-state index >= 15 is 0 Å². The Bertz CT molecular complexity index is 1020. The van der Waals surface area contributed by atoms with Crippen molar-refractivity contribution in [2.24, 2.45) is 5.10 Å². The molecule has 2 N–H and O–H groups in total. The van der Waals surface area contributed by atoms with Gasteiger partial charge in [0, 0.05) is 11.3 Å². The molecule has 3 aromatic rings. The minimum atomic E-state index is -0.853. The van der Waals surface area contributed by atoms with Gasteiger partial charge in [-0.2, -0.15) is 5.10 Å². The summed E-state index contributed by atoms with van der Waals surface area (Å²) in [6.45, 7) is 2.46. The second kappa shape index (κ2) is 10.6. The van der Waals surface area contributed by atoms with Gasteiger partial charge in [-0.25, -0.2) is 5.43 Å². The van der Waals surface area contributed by atoms with E-state index in [0.717, 1.165) is 17.5 Å². The topological polar surface area (TPSA) is 79.8 Å². The van der Waals surface area contributed by atoms with E-state index in [2.05, 4.69) is 15.8 Å². The van der Waals surface area contributed by atoms with Gasteiger partial charge in [0.2, 0.25) is 0 Å². The summed E-state index contributed by atoms with van der Waals surface area (Å²) >= 11 is 0. The van der Waals surface area contributed by atoms with Gasteiger partial charge in [0.05, 0.1) is 6.21 Å². The van der Waals surface area contributed by atoms with Crippen LogP contribution >= 0.6 is 0 Å². The predicted octanol–water partition coefficient (Wildman–Crippen LogP) is 3.92. The Morgan fingerprint density at radius 3 is 2.30 bits per heavy atom. The number of aryl methyl sites for hydroxylation is 1. The largest absolute Gasteiger partial charge is 0.488 e. The fraction of sp³-hybridized carbons (Fsp3) is 0.125. The molecule has 0 aliphatic carbocycles. The van der Waals surface area contributed by atoms with E-state index < -0.39 is 11.8 Å². The Balaban J connectivity index is 1.55. The van der Waals surface area contributed by atoms with E-state index in [1.165, 1.54) is 6.21 Å². The molecular weight excluding hydrogens is 378 g/mol. The van der Waals surface area contributed by atoms with Crippen molar-refractivity contribution in [3.05, 3.63) is 95.6 Å². The molecule has 0 aromatic heterocycles. The van der Waals surface area contributed by atoms with Crippen LogP contribution in [0, 0.1) is 0 Å². The fourth-order valence-corrected chi connectivity index (χ4v) is 2.68. The Morgan fingerprint density at radius 1 is 0.867 bits per heavy atom. The molecule has 0 radical (unpaired) electrons. The maximum Gasteiger partial charge on any atom is 0.329 e. The van der Waals surface area contributed by atoms with Crippen LogP contribution in [0.2, 0.25) is 0 Å². The number of rotatable bonds is 7. The Kier molecular flexibility index (Phi) is 7.33. The van der Waals surface area contributed by atoms with Gasteiger partial charge < -0.3 is 10.1 Å². The second-order valence-electron chi connectivity index (χ2n) is 6.52. The Hall–Kier alpha value is -3.93. The van der Waals surface area contributed by atoms with E-state index in [1.54, 1.807) is 12.1 Å². The summed E-state index contributed by atoms with van der Waals surface area (Å²) in [6.07, 6.45) is 2.35. The number of nitrogens with one attached hydrogen (secondary N) is 2. The molecular formula is C24H23N3O3. The molecule has 0 aliphatic heterocycles. The van der Waals surface area contributed by atoms with Crippen molar-refractivity contribution in [2.75, 3.05) is 5.32 Å². The zero-order valence-corrected chi connectivity index (χ0v) is 16.7. The molecule has 0 saturated carbocycles. The molecule has 3 rings (SSSR count). The summed E-state index contributed by atoms with van der Waals surface area (Å²) in [5.74, 6) is -1.02. The molecule has 30 heavy (non-hydrogen) atoms. The molecule has 6 heteroatoms. The number of hydrogen-bond donors (Lipinski definition) is 2. The summed E-state index contributed by atoms with van der Waals surface area (Å²) in [5, 5.41) is 6.42. The van der Waals surface area contributed by atoms with Crippen molar-refractivity contribution in [1.82, 2.24) is 5.43 Å². The summed E-state index contributed by atoms with van der Waals surface area (Å²) in [4.78, 5) is 24.0. The van der Waals surface area contributed by atoms with Gasteiger partial charge in [-0.3, -0.25) is 9.59 Å². The van der Waals surface area contributed by atoms with Crippen molar-refractivity contribution in [3.63, 3.8) is 0 Å². The van der Waals surface area contributed by atoms with Crippen LogP contribution in [-0.4, -0.2) is 18.0 Å². The first kappa shape index (κ1) is 20.8. The molecule has 2 amide bonds. The lowest BCUT2D eigenvalue weighted by Crippen LogP contribution is -2.32. The number of nitrogens with zero attached hydrogens (tertiary/aromatic N) is 1. The lowest BCUT2D eigenvalue weighted by molar-refractivity contribution is -0.136. The second-order valence-corrected chi connectivity index (χ2v) is 6.52. The molecule has 0 atom stereocenters. The number of hydrazone groups is 1. The highest BCUT2D eigenvalue weighted by molar-refractivity contribution is 6.39. The maximum absolute atomic E-state index is 12.0. The molecule has 3 aromatic carbocycles. The van der Waals surface area contributed by atoms with Gasteiger partial charge in [-0.1, -0.05) is 61.5 Å². The van der Waals surface area contributed by atoms with Crippen molar-refractivity contribution in [3.8, 4) is 5.75 Å². The molecule has 0 spiro atoms. The molecule has 0 fully saturated rings. The number of para-hydroxylation sites is 1. The number of anilines is 1. The quantitative estimate of drug-likeness (QED) is 0.358. The van der Waals surface area contributed by atoms with Gasteiger partial charge in [0.25, 0.3) is 0 Å². The average Bonchev–Trinajstić information content (AvgIpc) is 2.79. The number of carbonyl (C=O) groups excluding carboxylic acids is 2. The van der Waals surface area contributed by atoms with E-state index in [1.807, 2.05) is 73.7 Å². The molecule has 0 aliphatic rings. The number of benzene rings is 3. The maximum atomic E-state index is 12.0. The van der Waals surface area contributed by atoms with Crippen LogP contribution in [0.5, 0.6) is 5.75 Å². The van der Waals surface area contributed by atoms with Crippen molar-refractivity contribution >= 4 is 23.7 Å². The summed E-state index contributed by atoms with van der Waals surface area (Å²) < 4.78 is 5.84. The highest BCUT2D eigenvalue weighted by Gasteiger charge is 2.12. The number of amides is 2. The van der Waals surface area contributed by atoms with Crippen LogP contribution < -0.4 is 15.5 Å². The average molecular weight is 401 g/mol. The first-order chi connectivity index (χ1) is 14.7. The number of hydrogen-bond acceptors (Lipinski definition) is 4. The monoisotopic (exact) mass is 401 g/mol. The van der Waals surface area contributed by atoms with E-state index in [4.69, 9.17) is 4.74 Å². The first-order valence-corrected chi connectivity index (χ1v) is 9.65. The van der Waals surface area contributed by atoms with Crippen LogP contribution in [0.25, 0.3) is 0 Å². The summed E-state index contributed by atoms with van der Waals surface area (Å²) in [5.41, 5.74) is 5.67. The molecule has 0 saturated heterocycles. The van der Waals surface area contributed by atoms with Crippen LogP contribution in [-0.2, 0) is 22.6 Å². The summed E-state index contributed by atoms with van der Waals surface area (Å²) in [7, 11) is 0. The van der Waals surface area contributed by atoms with Crippen LogP contribution in [0.15, 0.2) is 84.0 Å². The van der Waals surface area contributed by atoms with Crippen LogP contribution in [0.3, 0.4) is 0 Å². The van der Waals surface area contributed by atoms with Gasteiger partial charge in [0.1, 0.15) is 12.4 Å². The first-order valence-electron chi connectivity index (χ1n) is 9.65. The minimum Gasteiger partial charge on any atom is -0.488 e. The standard InChI is InChI=1S/C24H23N3O3/c1-2-18-12-14-21(15-13-18)26-23(28)24(29)27-25-16-20-10-6-7-11-22(20)30-17-19-8-4-3-5-9-19/h3-16H,2,17H2,1H3,(H,26,28)(H,27,29)/b25-16-. The minimum absolute atomic E-state index is 0.414. The molecule has 0 unspecified atom stereocenters. The van der Waals surface area contributed by atoms with Gasteiger partial charge >= 0.3 is 11.8 Å². The smallest absolute Gasteiger partial charge is 0.329 e. The Labute approximate surface area is 175 Å². The van der Waals surface area contributed by atoms with Crippen LogP contribution in [0.4, 0.5) is 5.69 Å². The molecule has 152 valence electrons. The highest BCUT2D eigenvalue weighted by Crippen LogP contribution is 2.17. The third-order valence-electron chi connectivity index (χ3n) is 4.35. The zero-order valence-electron chi connectivity index (χ0n) is 16.7. The highest BCUT2D eigenvalue weighted by atomic mass is 16.5. The van der Waals surface area contributed by atoms with Gasteiger partial charge in [0.15, 0.2) is 0 Å². The van der Waals surface area contributed by atoms with E-state index in [-0.39, 0.29) is 0 Å². The van der Waals surface area contributed by atoms with Crippen molar-refractivity contribution in [2.45, 2.75) is 20.0 Å². The van der Waals surface area contributed by atoms with Crippen molar-refractivity contribution in [1.29, 1.82) is 0 Å². The van der Waals surface area contributed by atoms with Crippen molar-refractivity contribution < 1.29 is 14.3 Å². The molecule has 0 heterocycles. The third-order valence-corrected chi connectivity index (χ3v) is 4.35. The summed E-state index contributed by atoms with van der Waals surface area (Å²) in [6, 6.07) is 24.4. The van der Waals surface area contributed by atoms with Gasteiger partial charge in [-0.15, -0.1) is 0 Å².